The lowest BCUT2D eigenvalue weighted by Gasteiger charge is -2.16. The SMILES string of the molecule is CCCNc1ccnc(C(=O)N(C)CCSC)c1. The maximum absolute atomic E-state index is 12.1. The molecule has 0 aliphatic carbocycles. The van der Waals surface area contributed by atoms with Crippen molar-refractivity contribution < 1.29 is 4.79 Å². The molecule has 0 aliphatic heterocycles. The van der Waals surface area contributed by atoms with E-state index in [1.807, 2.05) is 25.4 Å². The zero-order valence-corrected chi connectivity index (χ0v) is 12.1. The summed E-state index contributed by atoms with van der Waals surface area (Å²) in [5.74, 6) is 0.917. The van der Waals surface area contributed by atoms with Crippen LogP contribution in [0, 0.1) is 0 Å². The number of hydrogen-bond donors (Lipinski definition) is 1. The van der Waals surface area contributed by atoms with Gasteiger partial charge in [0.1, 0.15) is 5.69 Å². The Bertz CT molecular complexity index is 384. The van der Waals surface area contributed by atoms with Gasteiger partial charge in [-0.2, -0.15) is 11.8 Å². The number of anilines is 1. The summed E-state index contributed by atoms with van der Waals surface area (Å²) in [6.07, 6.45) is 4.76. The third-order valence-corrected chi connectivity index (χ3v) is 3.13. The van der Waals surface area contributed by atoms with Gasteiger partial charge in [0.25, 0.3) is 5.91 Å². The highest BCUT2D eigenvalue weighted by atomic mass is 32.2. The predicted molar refractivity (Wildman–Crippen MR) is 78.4 cm³/mol. The molecule has 0 aromatic carbocycles. The van der Waals surface area contributed by atoms with E-state index in [9.17, 15) is 4.79 Å². The minimum atomic E-state index is -0.0239. The smallest absolute Gasteiger partial charge is 0.272 e. The first-order valence-electron chi connectivity index (χ1n) is 6.13. The lowest BCUT2D eigenvalue weighted by Crippen LogP contribution is -2.29. The summed E-state index contributed by atoms with van der Waals surface area (Å²) in [7, 11) is 1.81. The molecule has 0 saturated carbocycles. The van der Waals surface area contributed by atoms with Gasteiger partial charge >= 0.3 is 0 Å². The number of hydrogen-bond acceptors (Lipinski definition) is 4. The van der Waals surface area contributed by atoms with Gasteiger partial charge in [0.05, 0.1) is 0 Å². The van der Waals surface area contributed by atoms with Gasteiger partial charge in [-0.05, 0) is 24.8 Å². The van der Waals surface area contributed by atoms with E-state index in [1.165, 1.54) is 0 Å². The Kier molecular flexibility index (Phi) is 6.57. The number of rotatable bonds is 7. The molecule has 18 heavy (non-hydrogen) atoms. The lowest BCUT2D eigenvalue weighted by molar-refractivity contribution is 0.0798. The van der Waals surface area contributed by atoms with Crippen LogP contribution in [0.25, 0.3) is 0 Å². The monoisotopic (exact) mass is 267 g/mol. The highest BCUT2D eigenvalue weighted by Crippen LogP contribution is 2.10. The van der Waals surface area contributed by atoms with E-state index in [0.29, 0.717) is 5.69 Å². The normalized spacial score (nSPS) is 10.2. The fourth-order valence-corrected chi connectivity index (χ4v) is 1.91. The van der Waals surface area contributed by atoms with E-state index < -0.39 is 0 Å². The van der Waals surface area contributed by atoms with Crippen molar-refractivity contribution in [2.45, 2.75) is 13.3 Å². The van der Waals surface area contributed by atoms with E-state index in [0.717, 1.165) is 31.0 Å². The summed E-state index contributed by atoms with van der Waals surface area (Å²) in [4.78, 5) is 18.0. The molecule has 5 heteroatoms. The third kappa shape index (κ3) is 4.56. The Morgan fingerprint density at radius 2 is 2.33 bits per heavy atom. The number of carbonyl (C=O) groups excluding carboxylic acids is 1. The first-order valence-corrected chi connectivity index (χ1v) is 7.52. The summed E-state index contributed by atoms with van der Waals surface area (Å²) in [5.41, 5.74) is 1.45. The Morgan fingerprint density at radius 3 is 3.00 bits per heavy atom. The predicted octanol–water partition coefficient (Wildman–Crippen LogP) is 2.34. The number of nitrogens with one attached hydrogen (secondary N) is 1. The molecule has 0 spiro atoms. The number of aromatic nitrogens is 1. The second kappa shape index (κ2) is 7.97. The lowest BCUT2D eigenvalue weighted by atomic mass is 10.3. The molecule has 1 aromatic rings. The van der Waals surface area contributed by atoms with Gasteiger partial charge in [0, 0.05) is 37.8 Å². The van der Waals surface area contributed by atoms with Crippen molar-refractivity contribution in [3.63, 3.8) is 0 Å². The summed E-state index contributed by atoms with van der Waals surface area (Å²) < 4.78 is 0. The van der Waals surface area contributed by atoms with Crippen molar-refractivity contribution >= 4 is 23.4 Å². The number of nitrogens with zero attached hydrogens (tertiary/aromatic N) is 2. The molecular formula is C13H21N3OS. The Morgan fingerprint density at radius 1 is 1.56 bits per heavy atom. The van der Waals surface area contributed by atoms with Crippen molar-refractivity contribution in [3.05, 3.63) is 24.0 Å². The van der Waals surface area contributed by atoms with Crippen LogP contribution < -0.4 is 5.32 Å². The molecule has 0 aliphatic rings. The van der Waals surface area contributed by atoms with Crippen LogP contribution in [0.5, 0.6) is 0 Å². The fraction of sp³-hybridized carbons (Fsp3) is 0.538. The van der Waals surface area contributed by atoms with Gasteiger partial charge < -0.3 is 10.2 Å². The average molecular weight is 267 g/mol. The molecule has 0 unspecified atom stereocenters. The number of thioether (sulfide) groups is 1. The van der Waals surface area contributed by atoms with E-state index in [2.05, 4.69) is 17.2 Å². The Hall–Kier alpha value is -1.23. The van der Waals surface area contributed by atoms with Crippen molar-refractivity contribution in [3.8, 4) is 0 Å². The van der Waals surface area contributed by atoms with E-state index in [-0.39, 0.29) is 5.91 Å². The molecule has 1 amide bonds. The second-order valence-corrected chi connectivity index (χ2v) is 5.06. The minimum Gasteiger partial charge on any atom is -0.385 e. The van der Waals surface area contributed by atoms with Crippen LogP contribution in [-0.4, -0.2) is 47.9 Å². The van der Waals surface area contributed by atoms with Gasteiger partial charge in [-0.25, -0.2) is 0 Å². The zero-order chi connectivity index (χ0) is 13.4. The van der Waals surface area contributed by atoms with Crippen LogP contribution in [0.3, 0.4) is 0 Å². The maximum atomic E-state index is 12.1. The first kappa shape index (κ1) is 14.8. The molecule has 0 fully saturated rings. The highest BCUT2D eigenvalue weighted by Gasteiger charge is 2.12. The van der Waals surface area contributed by atoms with Crippen LogP contribution >= 0.6 is 11.8 Å². The van der Waals surface area contributed by atoms with Gasteiger partial charge in [-0.1, -0.05) is 6.92 Å². The summed E-state index contributed by atoms with van der Waals surface area (Å²) in [6.45, 7) is 3.75. The minimum absolute atomic E-state index is 0.0239. The molecule has 1 heterocycles. The van der Waals surface area contributed by atoms with E-state index in [4.69, 9.17) is 0 Å². The van der Waals surface area contributed by atoms with Crippen molar-refractivity contribution in [1.82, 2.24) is 9.88 Å². The molecule has 4 nitrogen and oxygen atoms in total. The van der Waals surface area contributed by atoms with Gasteiger partial charge in [-0.15, -0.1) is 0 Å². The molecule has 1 aromatic heterocycles. The van der Waals surface area contributed by atoms with Crippen molar-refractivity contribution in [2.24, 2.45) is 0 Å². The van der Waals surface area contributed by atoms with Gasteiger partial charge in [0.15, 0.2) is 0 Å². The largest absolute Gasteiger partial charge is 0.385 e. The van der Waals surface area contributed by atoms with Gasteiger partial charge in [0.2, 0.25) is 0 Å². The molecule has 1 N–H and O–H groups in total. The average Bonchev–Trinajstić information content (AvgIpc) is 2.42. The van der Waals surface area contributed by atoms with Crippen molar-refractivity contribution in [2.75, 3.05) is 37.5 Å². The standard InChI is InChI=1S/C13H21N3OS/c1-4-6-14-11-5-7-15-12(10-11)13(17)16(2)8-9-18-3/h5,7,10H,4,6,8-9H2,1-3H3,(H,14,15). The van der Waals surface area contributed by atoms with Gasteiger partial charge in [-0.3, -0.25) is 9.78 Å². The zero-order valence-electron chi connectivity index (χ0n) is 11.3. The van der Waals surface area contributed by atoms with Crippen molar-refractivity contribution in [1.29, 1.82) is 0 Å². The quantitative estimate of drug-likeness (QED) is 0.823. The molecule has 0 saturated heterocycles. The molecule has 0 atom stereocenters. The topological polar surface area (TPSA) is 45.2 Å². The summed E-state index contributed by atoms with van der Waals surface area (Å²) in [5, 5.41) is 3.26. The Labute approximate surface area is 113 Å². The maximum Gasteiger partial charge on any atom is 0.272 e. The number of amides is 1. The summed E-state index contributed by atoms with van der Waals surface area (Å²) in [6, 6.07) is 3.70. The highest BCUT2D eigenvalue weighted by molar-refractivity contribution is 7.98. The third-order valence-electron chi connectivity index (χ3n) is 2.54. The first-order chi connectivity index (χ1) is 8.69. The van der Waals surface area contributed by atoms with Crippen LogP contribution in [-0.2, 0) is 0 Å². The Balaban J connectivity index is 2.67. The van der Waals surface area contributed by atoms with E-state index >= 15 is 0 Å². The van der Waals surface area contributed by atoms with Crippen LogP contribution in [0.1, 0.15) is 23.8 Å². The molecule has 0 radical (unpaired) electrons. The molecule has 1 rings (SSSR count). The number of pyridine rings is 1. The van der Waals surface area contributed by atoms with E-state index in [1.54, 1.807) is 22.9 Å². The van der Waals surface area contributed by atoms with Crippen LogP contribution in [0.4, 0.5) is 5.69 Å². The number of carbonyl (C=O) groups is 1. The second-order valence-electron chi connectivity index (χ2n) is 4.08. The summed E-state index contributed by atoms with van der Waals surface area (Å²) >= 11 is 1.73. The molecule has 100 valence electrons. The van der Waals surface area contributed by atoms with Crippen LogP contribution in [0.15, 0.2) is 18.3 Å². The molecule has 0 bridgehead atoms. The fourth-order valence-electron chi connectivity index (χ4n) is 1.45. The molecular weight excluding hydrogens is 246 g/mol. The van der Waals surface area contributed by atoms with Crippen LogP contribution in [0.2, 0.25) is 0 Å².